The van der Waals surface area contributed by atoms with E-state index in [1.807, 2.05) is 12.2 Å². The van der Waals surface area contributed by atoms with E-state index >= 15 is 0 Å². The van der Waals surface area contributed by atoms with Crippen molar-refractivity contribution in [3.63, 3.8) is 0 Å². The molecule has 1 N–H and O–H groups in total. The summed E-state index contributed by atoms with van der Waals surface area (Å²) in [6.07, 6.45) is 11.2. The Hall–Kier alpha value is -0.560. The molecule has 1 fully saturated rings. The van der Waals surface area contributed by atoms with Crippen LogP contribution in [-0.4, -0.2) is 10.7 Å². The van der Waals surface area contributed by atoms with Crippen molar-refractivity contribution in [3.8, 4) is 0 Å². The maximum atomic E-state index is 10.8. The van der Waals surface area contributed by atoms with E-state index < -0.39 is 5.60 Å². The van der Waals surface area contributed by atoms with Crippen LogP contribution in [0.25, 0.3) is 0 Å². The van der Waals surface area contributed by atoms with Gasteiger partial charge in [0.05, 0.1) is 5.60 Å². The van der Waals surface area contributed by atoms with E-state index in [9.17, 15) is 5.11 Å². The van der Waals surface area contributed by atoms with Crippen LogP contribution in [0.15, 0.2) is 25.3 Å². The summed E-state index contributed by atoms with van der Waals surface area (Å²) in [6.45, 7) is 9.83. The van der Waals surface area contributed by atoms with E-state index in [-0.39, 0.29) is 0 Å². The van der Waals surface area contributed by atoms with Crippen molar-refractivity contribution < 1.29 is 5.11 Å². The average Bonchev–Trinajstić information content (AvgIpc) is 2.30. The molecule has 0 bridgehead atoms. The van der Waals surface area contributed by atoms with Crippen LogP contribution >= 0.6 is 0 Å². The fourth-order valence-corrected chi connectivity index (χ4v) is 3.24. The topological polar surface area (TPSA) is 20.2 Å². The van der Waals surface area contributed by atoms with Gasteiger partial charge in [-0.2, -0.15) is 0 Å². The van der Waals surface area contributed by atoms with Gasteiger partial charge in [0.15, 0.2) is 0 Å². The van der Waals surface area contributed by atoms with Gasteiger partial charge in [0.2, 0.25) is 0 Å². The molecule has 0 aliphatic heterocycles. The molecule has 16 heavy (non-hydrogen) atoms. The summed E-state index contributed by atoms with van der Waals surface area (Å²) < 4.78 is 0. The molecule has 0 spiro atoms. The molecule has 0 aromatic heterocycles. The van der Waals surface area contributed by atoms with Gasteiger partial charge in [-0.05, 0) is 43.9 Å². The van der Waals surface area contributed by atoms with Crippen molar-refractivity contribution >= 4 is 0 Å². The van der Waals surface area contributed by atoms with Crippen LogP contribution in [0.1, 0.15) is 51.9 Å². The average molecular weight is 222 g/mol. The molecule has 0 amide bonds. The zero-order valence-corrected chi connectivity index (χ0v) is 10.6. The van der Waals surface area contributed by atoms with Crippen LogP contribution in [0.2, 0.25) is 0 Å². The van der Waals surface area contributed by atoms with Crippen LogP contribution in [-0.2, 0) is 0 Å². The van der Waals surface area contributed by atoms with Crippen molar-refractivity contribution in [2.24, 2.45) is 11.8 Å². The summed E-state index contributed by atoms with van der Waals surface area (Å²) in [5.74, 6) is 1.07. The number of hydrogen-bond acceptors (Lipinski definition) is 1. The summed E-state index contributed by atoms with van der Waals surface area (Å²) in [5, 5.41) is 10.8. The smallest absolute Gasteiger partial charge is 0.0684 e. The Labute approximate surface area is 100 Å². The number of aliphatic hydroxyl groups is 1. The van der Waals surface area contributed by atoms with E-state index in [4.69, 9.17) is 0 Å². The van der Waals surface area contributed by atoms with Crippen molar-refractivity contribution in [2.75, 3.05) is 0 Å². The summed E-state index contributed by atoms with van der Waals surface area (Å²) in [7, 11) is 0. The lowest BCUT2D eigenvalue weighted by molar-refractivity contribution is -0.0788. The van der Waals surface area contributed by atoms with Gasteiger partial charge in [-0.15, -0.1) is 13.2 Å². The molecular weight excluding hydrogens is 196 g/mol. The standard InChI is InChI=1S/C15H26O/c1-4-7-11-15(16)12-8-10-13(6-3)14(15)9-5-2/h4-5,13-14,16H,1-2,6-12H2,3H3/t13-,14+,15-/m0/s1. The number of rotatable bonds is 6. The SMILES string of the molecule is C=CCC[C@]1(O)CCC[C@H](CC)[C@H]1CC=C. The lowest BCUT2D eigenvalue weighted by atomic mass is 9.65. The van der Waals surface area contributed by atoms with Gasteiger partial charge in [0.1, 0.15) is 0 Å². The first-order valence-electron chi connectivity index (χ1n) is 6.62. The molecular formula is C15H26O. The van der Waals surface area contributed by atoms with Gasteiger partial charge >= 0.3 is 0 Å². The monoisotopic (exact) mass is 222 g/mol. The van der Waals surface area contributed by atoms with Crippen LogP contribution in [0, 0.1) is 11.8 Å². The second-order valence-electron chi connectivity index (χ2n) is 5.12. The first kappa shape index (κ1) is 13.5. The zero-order chi connectivity index (χ0) is 12.0. The molecule has 1 aliphatic rings. The van der Waals surface area contributed by atoms with Gasteiger partial charge in [0, 0.05) is 0 Å². The minimum absolute atomic E-state index is 0.406. The highest BCUT2D eigenvalue weighted by Crippen LogP contribution is 2.44. The molecule has 1 saturated carbocycles. The molecule has 0 heterocycles. The van der Waals surface area contributed by atoms with E-state index in [0.717, 1.165) is 25.7 Å². The van der Waals surface area contributed by atoms with E-state index in [1.54, 1.807) is 0 Å². The van der Waals surface area contributed by atoms with Crippen LogP contribution in [0.4, 0.5) is 0 Å². The molecule has 0 saturated heterocycles. The van der Waals surface area contributed by atoms with Crippen molar-refractivity contribution in [1.29, 1.82) is 0 Å². The lowest BCUT2D eigenvalue weighted by Gasteiger charge is -2.44. The maximum Gasteiger partial charge on any atom is 0.0684 e. The van der Waals surface area contributed by atoms with Crippen molar-refractivity contribution in [2.45, 2.75) is 57.5 Å². The lowest BCUT2D eigenvalue weighted by Crippen LogP contribution is -2.44. The molecule has 1 rings (SSSR count). The third kappa shape index (κ3) is 2.98. The Bertz CT molecular complexity index is 234. The quantitative estimate of drug-likeness (QED) is 0.671. The van der Waals surface area contributed by atoms with E-state index in [2.05, 4.69) is 20.1 Å². The molecule has 0 radical (unpaired) electrons. The summed E-state index contributed by atoms with van der Waals surface area (Å²) in [5.41, 5.74) is -0.471. The van der Waals surface area contributed by atoms with Gasteiger partial charge in [-0.3, -0.25) is 0 Å². The summed E-state index contributed by atoms with van der Waals surface area (Å²) in [6, 6.07) is 0. The second kappa shape index (κ2) is 6.24. The van der Waals surface area contributed by atoms with Crippen molar-refractivity contribution in [1.82, 2.24) is 0 Å². The molecule has 92 valence electrons. The second-order valence-corrected chi connectivity index (χ2v) is 5.12. The largest absolute Gasteiger partial charge is 0.390 e. The fourth-order valence-electron chi connectivity index (χ4n) is 3.24. The van der Waals surface area contributed by atoms with E-state index in [1.165, 1.54) is 19.3 Å². The predicted molar refractivity (Wildman–Crippen MR) is 70.3 cm³/mol. The fraction of sp³-hybridized carbons (Fsp3) is 0.733. The van der Waals surface area contributed by atoms with Crippen LogP contribution in [0.5, 0.6) is 0 Å². The van der Waals surface area contributed by atoms with Crippen LogP contribution < -0.4 is 0 Å². The summed E-state index contributed by atoms with van der Waals surface area (Å²) >= 11 is 0. The van der Waals surface area contributed by atoms with Gasteiger partial charge in [-0.1, -0.05) is 31.9 Å². The molecule has 1 aliphatic carbocycles. The van der Waals surface area contributed by atoms with Crippen LogP contribution in [0.3, 0.4) is 0 Å². The number of hydrogen-bond donors (Lipinski definition) is 1. The highest BCUT2D eigenvalue weighted by atomic mass is 16.3. The normalized spacial score (nSPS) is 34.6. The van der Waals surface area contributed by atoms with E-state index in [0.29, 0.717) is 11.8 Å². The Morgan fingerprint density at radius 2 is 2.12 bits per heavy atom. The minimum atomic E-state index is -0.471. The molecule has 3 atom stereocenters. The first-order valence-corrected chi connectivity index (χ1v) is 6.62. The third-order valence-corrected chi connectivity index (χ3v) is 4.17. The minimum Gasteiger partial charge on any atom is -0.390 e. The highest BCUT2D eigenvalue weighted by molar-refractivity contribution is 4.97. The van der Waals surface area contributed by atoms with Gasteiger partial charge < -0.3 is 5.11 Å². The third-order valence-electron chi connectivity index (χ3n) is 4.17. The highest BCUT2D eigenvalue weighted by Gasteiger charge is 2.41. The van der Waals surface area contributed by atoms with Gasteiger partial charge in [0.25, 0.3) is 0 Å². The summed E-state index contributed by atoms with van der Waals surface area (Å²) in [4.78, 5) is 0. The molecule has 1 heteroatoms. The molecule has 0 aromatic rings. The Kier molecular flexibility index (Phi) is 5.27. The zero-order valence-electron chi connectivity index (χ0n) is 10.6. The molecule has 0 aromatic carbocycles. The number of allylic oxidation sites excluding steroid dienone is 2. The Morgan fingerprint density at radius 3 is 2.69 bits per heavy atom. The Morgan fingerprint density at radius 1 is 1.38 bits per heavy atom. The van der Waals surface area contributed by atoms with Crippen molar-refractivity contribution in [3.05, 3.63) is 25.3 Å². The first-order chi connectivity index (χ1) is 7.68. The molecule has 1 nitrogen and oxygen atoms in total. The Balaban J connectivity index is 2.76. The predicted octanol–water partition coefficient (Wildman–Crippen LogP) is 4.09. The maximum absolute atomic E-state index is 10.8. The molecule has 0 unspecified atom stereocenters. The van der Waals surface area contributed by atoms with Gasteiger partial charge in [-0.25, -0.2) is 0 Å².